The number of phenolic OH excluding ortho intramolecular Hbond substituents is 1. The fraction of sp³-hybridized carbons (Fsp3) is 0.250. The lowest BCUT2D eigenvalue weighted by Gasteiger charge is -2.09. The minimum absolute atomic E-state index is 0.00954. The number of aliphatic hydroxyl groups excluding tert-OH is 1. The van der Waals surface area contributed by atoms with E-state index in [0.717, 1.165) is 6.07 Å². The molecule has 1 aromatic rings. The summed E-state index contributed by atoms with van der Waals surface area (Å²) in [5.41, 5.74) is 0.00954. The van der Waals surface area contributed by atoms with Crippen molar-refractivity contribution in [2.75, 3.05) is 7.11 Å². The highest BCUT2D eigenvalue weighted by Gasteiger charge is 2.11. The normalized spacial score (nSPS) is 12.9. The molecular weight excluding hydrogens is 163 g/mol. The van der Waals surface area contributed by atoms with E-state index in [4.69, 9.17) is 10.2 Å². The molecule has 4 heteroatoms. The van der Waals surface area contributed by atoms with E-state index < -0.39 is 12.1 Å². The smallest absolute Gasteiger partial charge is 0.183 e. The van der Waals surface area contributed by atoms with Crippen molar-refractivity contribution in [1.82, 2.24) is 0 Å². The van der Waals surface area contributed by atoms with Crippen LogP contribution in [-0.4, -0.2) is 17.3 Å². The van der Waals surface area contributed by atoms with E-state index in [-0.39, 0.29) is 11.3 Å². The SMILES string of the molecule is COC(O)c1ccc(O)cc1F. The number of methoxy groups -OCH3 is 1. The summed E-state index contributed by atoms with van der Waals surface area (Å²) in [6.07, 6.45) is -1.29. The van der Waals surface area contributed by atoms with Crippen LogP contribution in [0.15, 0.2) is 18.2 Å². The fourth-order valence-electron chi connectivity index (χ4n) is 0.843. The Balaban J connectivity index is 3.01. The van der Waals surface area contributed by atoms with Crippen LogP contribution >= 0.6 is 0 Å². The maximum atomic E-state index is 12.9. The number of aromatic hydroxyl groups is 1. The van der Waals surface area contributed by atoms with E-state index in [1.807, 2.05) is 0 Å². The van der Waals surface area contributed by atoms with Gasteiger partial charge in [-0.15, -0.1) is 0 Å². The molecule has 1 aromatic carbocycles. The number of phenols is 1. The zero-order chi connectivity index (χ0) is 9.14. The predicted molar refractivity (Wildman–Crippen MR) is 40.0 cm³/mol. The fourth-order valence-corrected chi connectivity index (χ4v) is 0.843. The number of aliphatic hydroxyl groups is 1. The third kappa shape index (κ3) is 1.72. The third-order valence-corrected chi connectivity index (χ3v) is 1.47. The summed E-state index contributed by atoms with van der Waals surface area (Å²) < 4.78 is 17.4. The summed E-state index contributed by atoms with van der Waals surface area (Å²) in [6, 6.07) is 3.46. The van der Waals surface area contributed by atoms with Crippen molar-refractivity contribution < 1.29 is 19.3 Å². The molecule has 12 heavy (non-hydrogen) atoms. The van der Waals surface area contributed by atoms with Gasteiger partial charge in [0.2, 0.25) is 0 Å². The highest BCUT2D eigenvalue weighted by atomic mass is 19.1. The maximum Gasteiger partial charge on any atom is 0.183 e. The molecule has 2 N–H and O–H groups in total. The number of rotatable bonds is 2. The van der Waals surface area contributed by atoms with Crippen LogP contribution in [0.5, 0.6) is 5.75 Å². The van der Waals surface area contributed by atoms with Gasteiger partial charge >= 0.3 is 0 Å². The molecule has 1 unspecified atom stereocenters. The molecule has 3 nitrogen and oxygen atoms in total. The van der Waals surface area contributed by atoms with Crippen molar-refractivity contribution in [3.05, 3.63) is 29.6 Å². The van der Waals surface area contributed by atoms with E-state index in [0.29, 0.717) is 0 Å². The third-order valence-electron chi connectivity index (χ3n) is 1.47. The van der Waals surface area contributed by atoms with E-state index >= 15 is 0 Å². The van der Waals surface area contributed by atoms with Crippen LogP contribution in [0.3, 0.4) is 0 Å². The summed E-state index contributed by atoms with van der Waals surface area (Å²) >= 11 is 0. The molecule has 0 aliphatic heterocycles. The average Bonchev–Trinajstić information content (AvgIpc) is 2.03. The van der Waals surface area contributed by atoms with Crippen LogP contribution in [0.1, 0.15) is 11.9 Å². The monoisotopic (exact) mass is 172 g/mol. The van der Waals surface area contributed by atoms with Crippen LogP contribution < -0.4 is 0 Å². The van der Waals surface area contributed by atoms with Gasteiger partial charge < -0.3 is 14.9 Å². The Morgan fingerprint density at radius 2 is 2.17 bits per heavy atom. The summed E-state index contributed by atoms with van der Waals surface area (Å²) in [7, 11) is 1.26. The Hall–Kier alpha value is -1.13. The van der Waals surface area contributed by atoms with Crippen LogP contribution in [0, 0.1) is 5.82 Å². The second-order valence-electron chi connectivity index (χ2n) is 2.29. The highest BCUT2D eigenvalue weighted by molar-refractivity contribution is 5.28. The molecule has 0 radical (unpaired) electrons. The van der Waals surface area contributed by atoms with Crippen LogP contribution in [0.4, 0.5) is 4.39 Å². The van der Waals surface area contributed by atoms with Gasteiger partial charge in [-0.05, 0) is 12.1 Å². The second-order valence-corrected chi connectivity index (χ2v) is 2.29. The standard InChI is InChI=1S/C8H9FO3/c1-12-8(11)6-3-2-5(10)4-7(6)9/h2-4,8,10-11H,1H3. The molecule has 0 aliphatic rings. The first-order chi connectivity index (χ1) is 5.65. The van der Waals surface area contributed by atoms with Gasteiger partial charge in [-0.2, -0.15) is 0 Å². The molecule has 0 bridgehead atoms. The quantitative estimate of drug-likeness (QED) is 0.658. The van der Waals surface area contributed by atoms with Gasteiger partial charge in [0.25, 0.3) is 0 Å². The number of halogens is 1. The number of benzene rings is 1. The van der Waals surface area contributed by atoms with Gasteiger partial charge in [0.05, 0.1) is 0 Å². The molecule has 0 amide bonds. The van der Waals surface area contributed by atoms with E-state index in [1.54, 1.807) is 0 Å². The minimum atomic E-state index is -1.29. The second kappa shape index (κ2) is 3.51. The van der Waals surface area contributed by atoms with Crippen molar-refractivity contribution in [3.63, 3.8) is 0 Å². The zero-order valence-corrected chi connectivity index (χ0v) is 6.49. The molecule has 0 saturated carbocycles. The molecule has 1 atom stereocenters. The molecule has 0 fully saturated rings. The molecular formula is C8H9FO3. The average molecular weight is 172 g/mol. The van der Waals surface area contributed by atoms with E-state index in [2.05, 4.69) is 4.74 Å². The molecule has 0 aromatic heterocycles. The van der Waals surface area contributed by atoms with Crippen molar-refractivity contribution in [2.45, 2.75) is 6.29 Å². The first-order valence-corrected chi connectivity index (χ1v) is 3.34. The van der Waals surface area contributed by atoms with E-state index in [9.17, 15) is 4.39 Å². The topological polar surface area (TPSA) is 49.7 Å². The number of hydrogen-bond donors (Lipinski definition) is 2. The first-order valence-electron chi connectivity index (χ1n) is 3.34. The van der Waals surface area contributed by atoms with Gasteiger partial charge in [-0.25, -0.2) is 4.39 Å². The molecule has 0 aliphatic carbocycles. The summed E-state index contributed by atoms with van der Waals surface area (Å²) in [4.78, 5) is 0. The molecule has 0 heterocycles. The summed E-state index contributed by atoms with van der Waals surface area (Å²) in [5, 5.41) is 17.9. The van der Waals surface area contributed by atoms with Gasteiger partial charge in [0.1, 0.15) is 11.6 Å². The lowest BCUT2D eigenvalue weighted by molar-refractivity contribution is -0.0790. The largest absolute Gasteiger partial charge is 0.508 e. The summed E-state index contributed by atoms with van der Waals surface area (Å²) in [6.45, 7) is 0. The minimum Gasteiger partial charge on any atom is -0.508 e. The first kappa shape index (κ1) is 8.96. The maximum absolute atomic E-state index is 12.9. The lowest BCUT2D eigenvalue weighted by Crippen LogP contribution is -2.01. The lowest BCUT2D eigenvalue weighted by atomic mass is 10.2. The van der Waals surface area contributed by atoms with Crippen molar-refractivity contribution in [3.8, 4) is 5.75 Å². The van der Waals surface area contributed by atoms with Gasteiger partial charge in [-0.3, -0.25) is 0 Å². The molecule has 1 rings (SSSR count). The van der Waals surface area contributed by atoms with Gasteiger partial charge in [0.15, 0.2) is 6.29 Å². The molecule has 0 saturated heterocycles. The van der Waals surface area contributed by atoms with Gasteiger partial charge in [0, 0.05) is 18.7 Å². The van der Waals surface area contributed by atoms with Crippen molar-refractivity contribution in [2.24, 2.45) is 0 Å². The van der Waals surface area contributed by atoms with Crippen molar-refractivity contribution in [1.29, 1.82) is 0 Å². The van der Waals surface area contributed by atoms with Crippen LogP contribution in [0.25, 0.3) is 0 Å². The van der Waals surface area contributed by atoms with E-state index in [1.165, 1.54) is 19.2 Å². The Kier molecular flexibility index (Phi) is 2.62. The van der Waals surface area contributed by atoms with Crippen LogP contribution in [0.2, 0.25) is 0 Å². The van der Waals surface area contributed by atoms with Crippen molar-refractivity contribution >= 4 is 0 Å². The zero-order valence-electron chi connectivity index (χ0n) is 6.49. The number of ether oxygens (including phenoxy) is 1. The Morgan fingerprint density at radius 1 is 1.50 bits per heavy atom. The molecule has 0 spiro atoms. The Bertz CT molecular complexity index is 275. The predicted octanol–water partition coefficient (Wildman–Crippen LogP) is 1.17. The van der Waals surface area contributed by atoms with Crippen LogP contribution in [-0.2, 0) is 4.74 Å². The Labute approximate surface area is 69.0 Å². The Morgan fingerprint density at radius 3 is 2.67 bits per heavy atom. The molecule has 66 valence electrons. The van der Waals surface area contributed by atoms with Gasteiger partial charge in [-0.1, -0.05) is 0 Å². The highest BCUT2D eigenvalue weighted by Crippen LogP contribution is 2.21. The summed E-state index contributed by atoms with van der Waals surface area (Å²) in [5.74, 6) is -0.871. The number of hydrogen-bond acceptors (Lipinski definition) is 3.